The third kappa shape index (κ3) is 2.12. The summed E-state index contributed by atoms with van der Waals surface area (Å²) in [5.41, 5.74) is 1.25. The molecule has 108 valence electrons. The SMILES string of the molecule is [OH2+]CCc1ccc(-[s+]2c3ccccc3c3ccccc32)cc1. The predicted octanol–water partition coefficient (Wildman–Crippen LogP) is 5.00. The van der Waals surface area contributed by atoms with E-state index in [1.165, 1.54) is 30.6 Å². The van der Waals surface area contributed by atoms with Crippen LogP contribution in [-0.4, -0.2) is 11.7 Å². The van der Waals surface area contributed by atoms with Crippen molar-refractivity contribution in [1.82, 2.24) is 0 Å². The van der Waals surface area contributed by atoms with Crippen molar-refractivity contribution in [3.63, 3.8) is 0 Å². The van der Waals surface area contributed by atoms with Gasteiger partial charge < -0.3 is 5.11 Å². The molecule has 0 bridgehead atoms. The van der Waals surface area contributed by atoms with Crippen molar-refractivity contribution < 1.29 is 5.11 Å². The van der Waals surface area contributed by atoms with E-state index in [-0.39, 0.29) is 10.5 Å². The first-order chi connectivity index (χ1) is 10.9. The Hall–Kier alpha value is -2.16. The maximum absolute atomic E-state index is 7.36. The first-order valence-corrected chi connectivity index (χ1v) is 8.77. The largest absolute Gasteiger partial charge is 0.445 e. The van der Waals surface area contributed by atoms with E-state index in [4.69, 9.17) is 5.11 Å². The van der Waals surface area contributed by atoms with Gasteiger partial charge in [0.25, 0.3) is 0 Å². The average Bonchev–Trinajstić information content (AvgIpc) is 2.91. The van der Waals surface area contributed by atoms with Crippen LogP contribution in [0.5, 0.6) is 0 Å². The summed E-state index contributed by atoms with van der Waals surface area (Å²) >= 11 is 0. The normalized spacial score (nSPS) is 11.3. The molecule has 0 amide bonds. The monoisotopic (exact) mass is 306 g/mol. The van der Waals surface area contributed by atoms with E-state index in [1.54, 1.807) is 0 Å². The highest BCUT2D eigenvalue weighted by Crippen LogP contribution is 2.47. The second-order valence-electron chi connectivity index (χ2n) is 5.44. The third-order valence-corrected chi connectivity index (χ3v) is 6.41. The standard InChI is InChI=1S/C20H17OS/c21-14-13-15-9-11-16(12-10-15)22-19-7-3-1-5-17(19)18-6-2-4-8-20(18)22/h1-12,21H,13-14H2/q+1/p+1. The lowest BCUT2D eigenvalue weighted by atomic mass is 10.2. The molecule has 0 fully saturated rings. The summed E-state index contributed by atoms with van der Waals surface area (Å²) in [5.74, 6) is 0. The van der Waals surface area contributed by atoms with Crippen molar-refractivity contribution in [2.24, 2.45) is 0 Å². The molecule has 0 aliphatic carbocycles. The number of thiophene rings is 1. The zero-order chi connectivity index (χ0) is 14.9. The number of fused-ring (bicyclic) bond motifs is 3. The molecule has 0 spiro atoms. The van der Waals surface area contributed by atoms with Crippen LogP contribution >= 0.6 is 10.5 Å². The molecule has 22 heavy (non-hydrogen) atoms. The Morgan fingerprint density at radius 1 is 0.682 bits per heavy atom. The van der Waals surface area contributed by atoms with Crippen molar-refractivity contribution in [2.75, 3.05) is 6.61 Å². The van der Waals surface area contributed by atoms with Crippen LogP contribution in [0.3, 0.4) is 0 Å². The third-order valence-electron chi connectivity index (χ3n) is 4.08. The highest BCUT2D eigenvalue weighted by molar-refractivity contribution is 7.50. The van der Waals surface area contributed by atoms with Gasteiger partial charge in [-0.25, -0.2) is 0 Å². The van der Waals surface area contributed by atoms with Crippen LogP contribution in [0.1, 0.15) is 5.56 Å². The molecule has 4 aromatic rings. The van der Waals surface area contributed by atoms with E-state index in [2.05, 4.69) is 72.8 Å². The fourth-order valence-corrected chi connectivity index (χ4v) is 5.42. The summed E-state index contributed by atoms with van der Waals surface area (Å²) in [4.78, 5) is 1.37. The van der Waals surface area contributed by atoms with E-state index in [9.17, 15) is 0 Å². The summed E-state index contributed by atoms with van der Waals surface area (Å²) < 4.78 is 2.86. The van der Waals surface area contributed by atoms with Gasteiger partial charge in [0.1, 0.15) is 6.61 Å². The Balaban J connectivity index is 1.99. The lowest BCUT2D eigenvalue weighted by Gasteiger charge is -1.97. The predicted molar refractivity (Wildman–Crippen MR) is 97.5 cm³/mol. The summed E-state index contributed by atoms with van der Waals surface area (Å²) in [6.45, 7) is 0.455. The zero-order valence-corrected chi connectivity index (χ0v) is 13.1. The van der Waals surface area contributed by atoms with Crippen LogP contribution in [0.4, 0.5) is 0 Å². The van der Waals surface area contributed by atoms with Crippen LogP contribution in [-0.2, 0) is 6.42 Å². The quantitative estimate of drug-likeness (QED) is 0.476. The summed E-state index contributed by atoms with van der Waals surface area (Å²) in [6.07, 6.45) is 0.835. The van der Waals surface area contributed by atoms with E-state index in [0.717, 1.165) is 6.42 Å². The molecule has 1 aromatic heterocycles. The van der Waals surface area contributed by atoms with Gasteiger partial charge in [0.2, 0.25) is 0 Å². The molecule has 0 aliphatic heterocycles. The van der Waals surface area contributed by atoms with E-state index >= 15 is 0 Å². The first-order valence-electron chi connectivity index (χ1n) is 7.55. The van der Waals surface area contributed by atoms with Crippen molar-refractivity contribution in [3.05, 3.63) is 78.4 Å². The van der Waals surface area contributed by atoms with Gasteiger partial charge in [0, 0.05) is 27.7 Å². The maximum Gasteiger partial charge on any atom is 0.187 e. The van der Waals surface area contributed by atoms with Crippen molar-refractivity contribution in [1.29, 1.82) is 0 Å². The smallest absolute Gasteiger partial charge is 0.187 e. The minimum atomic E-state index is 0.000365. The molecule has 2 heteroatoms. The van der Waals surface area contributed by atoms with Crippen LogP contribution in [0, 0.1) is 0 Å². The van der Waals surface area contributed by atoms with Gasteiger partial charge in [-0.3, -0.25) is 0 Å². The summed E-state index contributed by atoms with van der Waals surface area (Å²) in [7, 11) is 0.000365. The first kappa shape index (κ1) is 13.5. The van der Waals surface area contributed by atoms with Crippen LogP contribution in [0.2, 0.25) is 0 Å². The number of benzene rings is 3. The van der Waals surface area contributed by atoms with E-state index in [1.807, 2.05) is 0 Å². The number of rotatable bonds is 3. The number of hydrogen-bond acceptors (Lipinski definition) is 0. The van der Waals surface area contributed by atoms with E-state index < -0.39 is 0 Å². The highest BCUT2D eigenvalue weighted by Gasteiger charge is 2.22. The lowest BCUT2D eigenvalue weighted by molar-refractivity contribution is 0.299. The Bertz CT molecular complexity index is 882. The molecule has 3 aromatic carbocycles. The highest BCUT2D eigenvalue weighted by atomic mass is 32.2. The van der Waals surface area contributed by atoms with Gasteiger partial charge in [-0.1, -0.05) is 36.4 Å². The molecule has 4 rings (SSSR count). The average molecular weight is 306 g/mol. The molecular formula is C20H18OS+2. The van der Waals surface area contributed by atoms with Gasteiger partial charge >= 0.3 is 0 Å². The van der Waals surface area contributed by atoms with Crippen molar-refractivity contribution in [2.45, 2.75) is 6.42 Å². The van der Waals surface area contributed by atoms with Gasteiger partial charge in [0.15, 0.2) is 14.3 Å². The minimum absolute atomic E-state index is 0.000365. The molecule has 0 saturated heterocycles. The second kappa shape index (κ2) is 5.56. The second-order valence-corrected chi connectivity index (χ2v) is 7.41. The molecule has 0 aliphatic rings. The Morgan fingerprint density at radius 3 is 1.77 bits per heavy atom. The van der Waals surface area contributed by atoms with E-state index in [0.29, 0.717) is 6.61 Å². The fraction of sp³-hybridized carbons (Fsp3) is 0.100. The van der Waals surface area contributed by atoms with Crippen LogP contribution in [0.25, 0.3) is 25.1 Å². The Labute approximate surface area is 132 Å². The van der Waals surface area contributed by atoms with Crippen molar-refractivity contribution >= 4 is 30.6 Å². The molecule has 1 heterocycles. The van der Waals surface area contributed by atoms with Crippen LogP contribution < -0.4 is 0 Å². The van der Waals surface area contributed by atoms with Crippen LogP contribution in [0.15, 0.2) is 72.8 Å². The molecule has 0 unspecified atom stereocenters. The minimum Gasteiger partial charge on any atom is -0.445 e. The van der Waals surface area contributed by atoms with Crippen molar-refractivity contribution in [3.8, 4) is 4.90 Å². The molecule has 0 radical (unpaired) electrons. The summed E-state index contributed by atoms with van der Waals surface area (Å²) in [6, 6.07) is 26.4. The lowest BCUT2D eigenvalue weighted by Crippen LogP contribution is -1.89. The molecule has 0 saturated carbocycles. The van der Waals surface area contributed by atoms with Gasteiger partial charge in [-0.2, -0.15) is 0 Å². The van der Waals surface area contributed by atoms with Gasteiger partial charge in [-0.05, 0) is 42.0 Å². The Kier molecular flexibility index (Phi) is 3.41. The topological polar surface area (TPSA) is 22.9 Å². The van der Waals surface area contributed by atoms with Gasteiger partial charge in [0.05, 0.1) is 0 Å². The molecule has 2 N–H and O–H groups in total. The number of hydrogen-bond donors (Lipinski definition) is 0. The molecular weight excluding hydrogens is 288 g/mol. The summed E-state index contributed by atoms with van der Waals surface area (Å²) in [5, 5.41) is 10.1. The zero-order valence-electron chi connectivity index (χ0n) is 12.3. The molecule has 0 atom stereocenters. The Morgan fingerprint density at radius 2 is 1.23 bits per heavy atom. The molecule has 1 nitrogen and oxygen atoms in total. The maximum atomic E-state index is 7.36. The fourth-order valence-electron chi connectivity index (χ4n) is 3.04. The van der Waals surface area contributed by atoms with Gasteiger partial charge in [-0.15, -0.1) is 0 Å².